The fourth-order valence-corrected chi connectivity index (χ4v) is 2.49. The molecule has 1 aliphatic rings. The molecule has 1 aromatic heterocycles. The van der Waals surface area contributed by atoms with E-state index in [0.717, 1.165) is 37.9 Å². The van der Waals surface area contributed by atoms with Gasteiger partial charge < -0.3 is 15.5 Å². The zero-order valence-corrected chi connectivity index (χ0v) is 13.2. The average molecular weight is 296 g/mol. The fraction of sp³-hybridized carbons (Fsp3) is 0.769. The Balaban J connectivity index is 2.11. The van der Waals surface area contributed by atoms with Crippen molar-refractivity contribution in [1.29, 1.82) is 0 Å². The van der Waals surface area contributed by atoms with Crippen LogP contribution < -0.4 is 15.5 Å². The first-order valence-corrected chi connectivity index (χ1v) is 8.70. The topological polar surface area (TPSA) is 66.0 Å². The fourth-order valence-electron chi connectivity index (χ4n) is 2.18. The maximum Gasteiger partial charge on any atom is 0.231 e. The van der Waals surface area contributed by atoms with Crippen LogP contribution in [0.3, 0.4) is 0 Å². The van der Waals surface area contributed by atoms with Crippen molar-refractivity contribution in [2.75, 3.05) is 53.7 Å². The maximum atomic E-state index is 4.55. The molecule has 20 heavy (non-hydrogen) atoms. The van der Waals surface area contributed by atoms with Crippen LogP contribution in [0.2, 0.25) is 0 Å². The Kier molecular flexibility index (Phi) is 6.17. The van der Waals surface area contributed by atoms with Crippen molar-refractivity contribution < 1.29 is 0 Å². The highest BCUT2D eigenvalue weighted by Crippen LogP contribution is 2.18. The van der Waals surface area contributed by atoms with Gasteiger partial charge in [-0.05, 0) is 32.4 Å². The monoisotopic (exact) mass is 296 g/mol. The van der Waals surface area contributed by atoms with Crippen LogP contribution in [0, 0.1) is 0 Å². The van der Waals surface area contributed by atoms with E-state index in [2.05, 4.69) is 36.7 Å². The van der Waals surface area contributed by atoms with E-state index in [1.54, 1.807) is 0 Å². The highest BCUT2D eigenvalue weighted by molar-refractivity contribution is 7.98. The van der Waals surface area contributed by atoms with Crippen LogP contribution in [0.25, 0.3) is 0 Å². The normalized spacial score (nSPS) is 15.2. The van der Waals surface area contributed by atoms with Crippen molar-refractivity contribution >= 4 is 29.6 Å². The van der Waals surface area contributed by atoms with Gasteiger partial charge in [-0.15, -0.1) is 0 Å². The molecule has 0 spiro atoms. The van der Waals surface area contributed by atoms with E-state index in [0.29, 0.717) is 11.9 Å². The number of piperidine rings is 1. The van der Waals surface area contributed by atoms with Crippen molar-refractivity contribution in [2.24, 2.45) is 0 Å². The summed E-state index contributed by atoms with van der Waals surface area (Å²) in [7, 11) is 0. The van der Waals surface area contributed by atoms with Crippen molar-refractivity contribution in [3.8, 4) is 0 Å². The molecule has 1 saturated heterocycles. The van der Waals surface area contributed by atoms with E-state index >= 15 is 0 Å². The van der Waals surface area contributed by atoms with Gasteiger partial charge in [-0.2, -0.15) is 26.7 Å². The highest BCUT2D eigenvalue weighted by Gasteiger charge is 2.15. The number of hydrogen-bond donors (Lipinski definition) is 2. The van der Waals surface area contributed by atoms with Gasteiger partial charge in [0.25, 0.3) is 0 Å². The molecule has 2 N–H and O–H groups in total. The Morgan fingerprint density at radius 1 is 1.05 bits per heavy atom. The van der Waals surface area contributed by atoms with Crippen molar-refractivity contribution in [1.82, 2.24) is 15.0 Å². The van der Waals surface area contributed by atoms with Crippen molar-refractivity contribution in [2.45, 2.75) is 26.2 Å². The summed E-state index contributed by atoms with van der Waals surface area (Å²) < 4.78 is 0. The van der Waals surface area contributed by atoms with Crippen LogP contribution in [0.5, 0.6) is 0 Å². The lowest BCUT2D eigenvalue weighted by atomic mass is 10.1. The van der Waals surface area contributed by atoms with Gasteiger partial charge in [-0.25, -0.2) is 0 Å². The zero-order valence-electron chi connectivity index (χ0n) is 12.4. The number of hydrogen-bond acceptors (Lipinski definition) is 7. The number of rotatable bonds is 7. The SMILES string of the molecule is CCNc1nc(NCCSC)nc(N2CCCCC2)n1. The van der Waals surface area contributed by atoms with Crippen LogP contribution in [-0.2, 0) is 0 Å². The lowest BCUT2D eigenvalue weighted by Gasteiger charge is -2.27. The number of nitrogens with one attached hydrogen (secondary N) is 2. The van der Waals surface area contributed by atoms with Gasteiger partial charge in [0.05, 0.1) is 0 Å². The maximum absolute atomic E-state index is 4.55. The molecule has 1 aliphatic heterocycles. The molecule has 2 heterocycles. The quantitative estimate of drug-likeness (QED) is 0.747. The second-order valence-electron chi connectivity index (χ2n) is 4.78. The minimum atomic E-state index is 0.662. The van der Waals surface area contributed by atoms with E-state index in [9.17, 15) is 0 Å². The standard InChI is InChI=1S/C13H24N6S/c1-3-14-11-16-12(15-7-10-20-2)18-13(17-11)19-8-5-4-6-9-19/h3-10H2,1-2H3,(H2,14,15,16,17,18). The molecule has 0 aromatic carbocycles. The largest absolute Gasteiger partial charge is 0.354 e. The molecule has 0 aliphatic carbocycles. The summed E-state index contributed by atoms with van der Waals surface area (Å²) in [6.45, 7) is 5.81. The molecule has 0 radical (unpaired) electrons. The number of nitrogens with zero attached hydrogens (tertiary/aromatic N) is 4. The smallest absolute Gasteiger partial charge is 0.231 e. The lowest BCUT2D eigenvalue weighted by molar-refractivity contribution is 0.568. The predicted molar refractivity (Wildman–Crippen MR) is 86.9 cm³/mol. The van der Waals surface area contributed by atoms with E-state index in [1.807, 2.05) is 18.7 Å². The van der Waals surface area contributed by atoms with E-state index in [1.165, 1.54) is 19.3 Å². The number of aromatic nitrogens is 3. The third-order valence-corrected chi connectivity index (χ3v) is 3.80. The van der Waals surface area contributed by atoms with Gasteiger partial charge in [0.15, 0.2) is 0 Å². The van der Waals surface area contributed by atoms with Crippen LogP contribution in [0.1, 0.15) is 26.2 Å². The molecule has 0 saturated carbocycles. The molecule has 0 unspecified atom stereocenters. The average Bonchev–Trinajstić information content (AvgIpc) is 2.49. The second-order valence-corrected chi connectivity index (χ2v) is 5.77. The number of thioether (sulfide) groups is 1. The molecule has 2 rings (SSSR count). The summed E-state index contributed by atoms with van der Waals surface area (Å²) in [5, 5.41) is 6.46. The molecule has 1 aromatic rings. The summed E-state index contributed by atoms with van der Waals surface area (Å²) in [5.41, 5.74) is 0. The Bertz CT molecular complexity index is 408. The zero-order chi connectivity index (χ0) is 14.2. The van der Waals surface area contributed by atoms with E-state index < -0.39 is 0 Å². The first-order valence-electron chi connectivity index (χ1n) is 7.31. The van der Waals surface area contributed by atoms with Gasteiger partial charge in [0.1, 0.15) is 0 Å². The minimum absolute atomic E-state index is 0.662. The molecular weight excluding hydrogens is 272 g/mol. The second kappa shape index (κ2) is 8.14. The Morgan fingerprint density at radius 3 is 2.40 bits per heavy atom. The summed E-state index contributed by atoms with van der Waals surface area (Å²) in [4.78, 5) is 15.7. The molecule has 7 heteroatoms. The molecule has 0 bridgehead atoms. The molecule has 0 amide bonds. The minimum Gasteiger partial charge on any atom is -0.354 e. The van der Waals surface area contributed by atoms with Crippen LogP contribution in [0.15, 0.2) is 0 Å². The summed E-state index contributed by atoms with van der Waals surface area (Å²) in [6, 6.07) is 0. The first kappa shape index (κ1) is 15.2. The molecule has 112 valence electrons. The molecule has 0 atom stereocenters. The summed E-state index contributed by atoms with van der Waals surface area (Å²) in [5.74, 6) is 3.17. The van der Waals surface area contributed by atoms with Gasteiger partial charge in [-0.3, -0.25) is 0 Å². The predicted octanol–water partition coefficient (Wildman–Crippen LogP) is 2.07. The highest BCUT2D eigenvalue weighted by atomic mass is 32.2. The first-order chi connectivity index (χ1) is 9.83. The van der Waals surface area contributed by atoms with Gasteiger partial charge in [-0.1, -0.05) is 0 Å². The third-order valence-electron chi connectivity index (χ3n) is 3.19. The van der Waals surface area contributed by atoms with E-state index in [-0.39, 0.29) is 0 Å². The molecular formula is C13H24N6S. The van der Waals surface area contributed by atoms with Crippen LogP contribution in [-0.4, -0.2) is 53.1 Å². The van der Waals surface area contributed by atoms with Crippen molar-refractivity contribution in [3.05, 3.63) is 0 Å². The van der Waals surface area contributed by atoms with Gasteiger partial charge in [0, 0.05) is 31.9 Å². The number of anilines is 3. The summed E-state index contributed by atoms with van der Waals surface area (Å²) in [6.07, 6.45) is 5.84. The summed E-state index contributed by atoms with van der Waals surface area (Å²) >= 11 is 1.81. The Hall–Kier alpha value is -1.24. The molecule has 6 nitrogen and oxygen atoms in total. The van der Waals surface area contributed by atoms with Crippen molar-refractivity contribution in [3.63, 3.8) is 0 Å². The Morgan fingerprint density at radius 2 is 1.75 bits per heavy atom. The van der Waals surface area contributed by atoms with Gasteiger partial charge >= 0.3 is 0 Å². The lowest BCUT2D eigenvalue weighted by Crippen LogP contribution is -2.31. The van der Waals surface area contributed by atoms with Gasteiger partial charge in [0.2, 0.25) is 17.8 Å². The Labute approximate surface area is 125 Å². The van der Waals surface area contributed by atoms with E-state index in [4.69, 9.17) is 0 Å². The third kappa shape index (κ3) is 4.40. The van der Waals surface area contributed by atoms with Crippen LogP contribution >= 0.6 is 11.8 Å². The van der Waals surface area contributed by atoms with Crippen LogP contribution in [0.4, 0.5) is 17.8 Å². The molecule has 1 fully saturated rings.